The van der Waals surface area contributed by atoms with Gasteiger partial charge in [-0.3, -0.25) is 19.3 Å². The summed E-state index contributed by atoms with van der Waals surface area (Å²) >= 11 is 0. The first-order valence-electron chi connectivity index (χ1n) is 19.7. The Morgan fingerprint density at radius 2 is 1.59 bits per heavy atom. The fraction of sp³-hybridized carbons (Fsp3) is 0.432. The molecule has 4 aromatic rings. The lowest BCUT2D eigenvalue weighted by Gasteiger charge is -2.52. The van der Waals surface area contributed by atoms with Crippen LogP contribution in [0.4, 0.5) is 4.79 Å². The predicted octanol–water partition coefficient (Wildman–Crippen LogP) is 6.26. The molecule has 59 heavy (non-hydrogen) atoms. The Kier molecular flexibility index (Phi) is 12.5. The van der Waals surface area contributed by atoms with E-state index < -0.39 is 42.2 Å². The number of carbonyl (C=O) groups excluding carboxylic acids is 5. The number of nitrogens with one attached hydrogen (secondary N) is 1. The van der Waals surface area contributed by atoms with Crippen molar-refractivity contribution in [2.75, 3.05) is 48.1 Å². The van der Waals surface area contributed by atoms with Crippen LogP contribution in [0.5, 0.6) is 23.0 Å². The summed E-state index contributed by atoms with van der Waals surface area (Å²) in [5.41, 5.74) is 3.68. The summed E-state index contributed by atoms with van der Waals surface area (Å²) in [6.45, 7) is 3.16. The molecule has 3 heterocycles. The number of carbonyl (C=O) groups is 5. The molecule has 1 N–H and O–H groups in total. The van der Waals surface area contributed by atoms with Crippen molar-refractivity contribution >= 4 is 40.7 Å². The number of nitrogens with zero attached hydrogens (tertiary/aromatic N) is 1. The van der Waals surface area contributed by atoms with Crippen molar-refractivity contribution in [3.8, 4) is 23.0 Å². The number of aromatic amines is 1. The predicted molar refractivity (Wildman–Crippen MR) is 211 cm³/mol. The van der Waals surface area contributed by atoms with Crippen LogP contribution in [0.3, 0.4) is 0 Å². The van der Waals surface area contributed by atoms with Gasteiger partial charge in [0, 0.05) is 54.8 Å². The normalized spacial score (nSPS) is 22.2. The number of Topliss-reactive ketones (excluding diaryl/α,β-unsaturated/α-hetero) is 1. The van der Waals surface area contributed by atoms with Crippen molar-refractivity contribution in [3.63, 3.8) is 0 Å². The number of aromatic nitrogens is 1. The number of fused-ring (bicyclic) bond motifs is 6. The highest BCUT2D eigenvalue weighted by atomic mass is 16.7. The summed E-state index contributed by atoms with van der Waals surface area (Å²) in [5.74, 6) is -2.27. The molecular formula is C44H48N2O13. The Morgan fingerprint density at radius 3 is 2.27 bits per heavy atom. The van der Waals surface area contributed by atoms with E-state index in [1.807, 2.05) is 18.2 Å². The number of benzene rings is 3. The third kappa shape index (κ3) is 8.48. The van der Waals surface area contributed by atoms with E-state index in [0.717, 1.165) is 29.6 Å². The third-order valence-electron chi connectivity index (χ3n) is 11.7. The average Bonchev–Trinajstić information content (AvgIpc) is 3.62. The van der Waals surface area contributed by atoms with Gasteiger partial charge in [-0.1, -0.05) is 30.3 Å². The number of hydrogen-bond acceptors (Lipinski definition) is 14. The molecule has 0 bridgehead atoms. The van der Waals surface area contributed by atoms with Crippen LogP contribution in [0, 0.1) is 17.8 Å². The Balaban J connectivity index is 1.08. The number of esters is 3. The second-order valence-corrected chi connectivity index (χ2v) is 14.8. The lowest BCUT2D eigenvalue weighted by molar-refractivity contribution is -0.176. The van der Waals surface area contributed by atoms with Crippen molar-refractivity contribution in [1.82, 2.24) is 9.88 Å². The molecule has 15 nitrogen and oxygen atoms in total. The summed E-state index contributed by atoms with van der Waals surface area (Å²) in [6.07, 6.45) is -0.712. The van der Waals surface area contributed by atoms with Crippen LogP contribution in [0.1, 0.15) is 70.6 Å². The molecule has 0 spiro atoms. The first-order valence-corrected chi connectivity index (χ1v) is 19.7. The molecule has 3 aromatic carbocycles. The second kappa shape index (κ2) is 17.9. The van der Waals surface area contributed by atoms with E-state index in [1.54, 1.807) is 37.3 Å². The molecule has 1 saturated carbocycles. The standard InChI is InChI=1S/C44H48N2O13/c1-6-56-44(51)59-40-34(52-2)18-25(19-35(40)53-3)42(49)58-36-20-26-23-46-17-16-29-28-13-12-27(57-37(48)15-14-33(47)24-10-8-7-9-11-24)21-31(28)45-39(29)32(46)22-30(26)38(41(36)54-4)43(50)55-5/h7-13,18-19,21,26,30,32,36,38,41,45H,6,14-17,20,22-23H2,1-5H3/t26-,30+,32-,36-,38+,41+/m1/s1. The molecule has 2 fully saturated rings. The lowest BCUT2D eigenvalue weighted by atomic mass is 9.63. The summed E-state index contributed by atoms with van der Waals surface area (Å²) in [4.78, 5) is 70.8. The molecule has 15 heteroatoms. The molecule has 0 radical (unpaired) electrons. The molecule has 7 rings (SSSR count). The highest BCUT2D eigenvalue weighted by molar-refractivity contribution is 5.97. The maximum Gasteiger partial charge on any atom is 0.514 e. The quantitative estimate of drug-likeness (QED) is 0.0526. The fourth-order valence-electron chi connectivity index (χ4n) is 9.00. The zero-order valence-electron chi connectivity index (χ0n) is 33.6. The number of ketones is 1. The van der Waals surface area contributed by atoms with E-state index >= 15 is 0 Å². The van der Waals surface area contributed by atoms with Crippen molar-refractivity contribution in [2.24, 2.45) is 17.8 Å². The molecule has 312 valence electrons. The molecule has 2 aliphatic heterocycles. The number of ether oxygens (including phenoxy) is 8. The van der Waals surface area contributed by atoms with Crippen molar-refractivity contribution in [2.45, 2.75) is 57.3 Å². The minimum Gasteiger partial charge on any atom is -0.493 e. The van der Waals surface area contributed by atoms with Gasteiger partial charge in [0.05, 0.1) is 51.9 Å². The topological polar surface area (TPSA) is 178 Å². The molecule has 1 aliphatic carbocycles. The Labute approximate surface area is 341 Å². The minimum atomic E-state index is -0.963. The van der Waals surface area contributed by atoms with Crippen LogP contribution in [0.25, 0.3) is 10.9 Å². The zero-order chi connectivity index (χ0) is 41.8. The summed E-state index contributed by atoms with van der Waals surface area (Å²) in [5, 5.41) is 1.03. The molecule has 1 aromatic heterocycles. The molecule has 3 aliphatic rings. The van der Waals surface area contributed by atoms with Crippen molar-refractivity contribution < 1.29 is 61.9 Å². The minimum absolute atomic E-state index is 0.0327. The summed E-state index contributed by atoms with van der Waals surface area (Å²) < 4.78 is 44.1. The van der Waals surface area contributed by atoms with Crippen LogP contribution in [-0.2, 0) is 35.0 Å². The van der Waals surface area contributed by atoms with Crippen molar-refractivity contribution in [1.29, 1.82) is 0 Å². The van der Waals surface area contributed by atoms with Gasteiger partial charge in [0.1, 0.15) is 18.0 Å². The number of methoxy groups -OCH3 is 4. The van der Waals surface area contributed by atoms with E-state index in [2.05, 4.69) is 9.88 Å². The van der Waals surface area contributed by atoms with E-state index in [0.29, 0.717) is 30.7 Å². The van der Waals surface area contributed by atoms with Gasteiger partial charge in [-0.2, -0.15) is 0 Å². The van der Waals surface area contributed by atoms with Gasteiger partial charge in [0.25, 0.3) is 0 Å². The summed E-state index contributed by atoms with van der Waals surface area (Å²) in [7, 11) is 5.55. The average molecular weight is 813 g/mol. The smallest absolute Gasteiger partial charge is 0.493 e. The summed E-state index contributed by atoms with van der Waals surface area (Å²) in [6, 6.07) is 17.1. The van der Waals surface area contributed by atoms with Gasteiger partial charge in [-0.25, -0.2) is 9.59 Å². The SMILES string of the molecule is CCOC(=O)Oc1c(OC)cc(C(=O)O[C@@H]2C[C@@H]3CN4CCc5c([nH]c6cc(OC(=O)CCC(=O)c7ccccc7)ccc56)[C@H]4C[C@@H]3[C@H](C(=O)OC)[C@H]2OC)cc1OC. The van der Waals surface area contributed by atoms with Gasteiger partial charge < -0.3 is 42.9 Å². The fourth-order valence-corrected chi connectivity index (χ4v) is 9.00. The maximum atomic E-state index is 13.8. The number of piperidine rings is 1. The van der Waals surface area contributed by atoms with Crippen LogP contribution in [0.15, 0.2) is 60.7 Å². The van der Waals surface area contributed by atoms with Crippen LogP contribution < -0.4 is 18.9 Å². The van der Waals surface area contributed by atoms with E-state index in [-0.39, 0.29) is 65.9 Å². The molecule has 0 amide bonds. The Bertz CT molecular complexity index is 2190. The highest BCUT2D eigenvalue weighted by Gasteiger charge is 2.54. The van der Waals surface area contributed by atoms with E-state index in [4.69, 9.17) is 37.9 Å². The molecule has 1 saturated heterocycles. The first-order chi connectivity index (χ1) is 28.6. The number of hydrogen-bond donors (Lipinski definition) is 1. The van der Waals surface area contributed by atoms with Gasteiger partial charge in [-0.05, 0) is 67.9 Å². The van der Waals surface area contributed by atoms with Crippen LogP contribution in [0.2, 0.25) is 0 Å². The lowest BCUT2D eigenvalue weighted by Crippen LogP contribution is -2.58. The third-order valence-corrected chi connectivity index (χ3v) is 11.7. The molecular weight excluding hydrogens is 764 g/mol. The largest absolute Gasteiger partial charge is 0.514 e. The molecule has 0 unspecified atom stereocenters. The van der Waals surface area contributed by atoms with Crippen LogP contribution >= 0.6 is 0 Å². The Morgan fingerprint density at radius 1 is 0.847 bits per heavy atom. The first kappa shape index (κ1) is 41.2. The molecule has 6 atom stereocenters. The number of H-pyrrole nitrogens is 1. The van der Waals surface area contributed by atoms with E-state index in [1.165, 1.54) is 46.1 Å². The van der Waals surface area contributed by atoms with Crippen LogP contribution in [-0.4, -0.2) is 100 Å². The zero-order valence-corrected chi connectivity index (χ0v) is 33.6. The van der Waals surface area contributed by atoms with E-state index in [9.17, 15) is 24.0 Å². The van der Waals surface area contributed by atoms with Gasteiger partial charge in [0.2, 0.25) is 5.75 Å². The van der Waals surface area contributed by atoms with Gasteiger partial charge >= 0.3 is 24.1 Å². The van der Waals surface area contributed by atoms with Gasteiger partial charge in [0.15, 0.2) is 17.3 Å². The Hall–Kier alpha value is -5.93. The van der Waals surface area contributed by atoms with Gasteiger partial charge in [-0.15, -0.1) is 0 Å². The monoisotopic (exact) mass is 812 g/mol. The second-order valence-electron chi connectivity index (χ2n) is 14.8. The number of rotatable bonds is 13. The highest BCUT2D eigenvalue weighted by Crippen LogP contribution is 2.51. The maximum absolute atomic E-state index is 13.8. The van der Waals surface area contributed by atoms with Crippen molar-refractivity contribution in [3.05, 3.63) is 83.0 Å².